The number of ether oxygens (including phenoxy) is 5. The second kappa shape index (κ2) is 8.86. The van der Waals surface area contributed by atoms with Crippen LogP contribution in [-0.2, 0) is 0 Å². The number of benzene rings is 2. The first kappa shape index (κ1) is 17.8. The van der Waals surface area contributed by atoms with Crippen LogP contribution in [0.3, 0.4) is 0 Å². The average Bonchev–Trinajstić information content (AvgIpc) is 2.95. The van der Waals surface area contributed by atoms with Crippen molar-refractivity contribution in [3.63, 3.8) is 0 Å². The van der Waals surface area contributed by atoms with E-state index in [0.29, 0.717) is 26.4 Å². The second-order valence-electron chi connectivity index (χ2n) is 6.56. The monoisotopic (exact) mass is 371 g/mol. The summed E-state index contributed by atoms with van der Waals surface area (Å²) in [7, 11) is 0. The summed E-state index contributed by atoms with van der Waals surface area (Å²) < 4.78 is 28.8. The smallest absolute Gasteiger partial charge is 0.164 e. The molecule has 1 N–H and O–H groups in total. The van der Waals surface area contributed by atoms with E-state index in [2.05, 4.69) is 5.32 Å². The maximum Gasteiger partial charge on any atom is 0.164 e. The molecule has 27 heavy (non-hydrogen) atoms. The fourth-order valence-corrected chi connectivity index (χ4v) is 3.05. The highest BCUT2D eigenvalue weighted by molar-refractivity contribution is 5.46. The van der Waals surface area contributed by atoms with Gasteiger partial charge in [0.15, 0.2) is 23.0 Å². The summed E-state index contributed by atoms with van der Waals surface area (Å²) in [6.45, 7) is 4.18. The Hall–Kier alpha value is -2.60. The molecule has 0 fully saturated rings. The van der Waals surface area contributed by atoms with E-state index in [9.17, 15) is 0 Å². The molecule has 2 aromatic rings. The molecule has 0 radical (unpaired) electrons. The topological polar surface area (TPSA) is 58.2 Å². The predicted molar refractivity (Wildman–Crippen MR) is 101 cm³/mol. The third-order valence-corrected chi connectivity index (χ3v) is 4.43. The lowest BCUT2D eigenvalue weighted by molar-refractivity contribution is 0.0902. The highest BCUT2D eigenvalue weighted by atomic mass is 16.6. The molecule has 2 aromatic carbocycles. The molecular weight excluding hydrogens is 346 g/mol. The van der Waals surface area contributed by atoms with E-state index >= 15 is 0 Å². The quantitative estimate of drug-likeness (QED) is 0.755. The maximum atomic E-state index is 5.93. The summed E-state index contributed by atoms with van der Waals surface area (Å²) >= 11 is 0. The van der Waals surface area contributed by atoms with Crippen molar-refractivity contribution in [3.05, 3.63) is 42.5 Å². The SMILES string of the molecule is c1ccc2c(c1)OCC(CNCCCOc1ccc3c(c1)OCCCO3)O2. The lowest BCUT2D eigenvalue weighted by Gasteiger charge is -2.26. The van der Waals surface area contributed by atoms with Crippen LogP contribution in [0, 0.1) is 0 Å². The van der Waals surface area contributed by atoms with Crippen molar-refractivity contribution >= 4 is 0 Å². The lowest BCUT2D eigenvalue weighted by atomic mass is 10.2. The molecule has 2 aliphatic rings. The minimum Gasteiger partial charge on any atom is -0.493 e. The molecule has 4 rings (SSSR count). The van der Waals surface area contributed by atoms with E-state index in [1.54, 1.807) is 0 Å². The number of nitrogens with one attached hydrogen (secondary N) is 1. The molecule has 144 valence electrons. The number of rotatable bonds is 7. The van der Waals surface area contributed by atoms with Gasteiger partial charge in [0.1, 0.15) is 18.5 Å². The molecule has 1 atom stereocenters. The van der Waals surface area contributed by atoms with Gasteiger partial charge in [-0.25, -0.2) is 0 Å². The van der Waals surface area contributed by atoms with Crippen LogP contribution in [0.1, 0.15) is 12.8 Å². The highest BCUT2D eigenvalue weighted by Gasteiger charge is 2.19. The van der Waals surface area contributed by atoms with Crippen molar-refractivity contribution in [1.82, 2.24) is 5.32 Å². The van der Waals surface area contributed by atoms with Crippen molar-refractivity contribution in [2.75, 3.05) is 39.5 Å². The largest absolute Gasteiger partial charge is 0.493 e. The number of para-hydroxylation sites is 2. The van der Waals surface area contributed by atoms with Crippen LogP contribution in [0.4, 0.5) is 0 Å². The van der Waals surface area contributed by atoms with Gasteiger partial charge in [-0.2, -0.15) is 0 Å². The van der Waals surface area contributed by atoms with Crippen molar-refractivity contribution < 1.29 is 23.7 Å². The highest BCUT2D eigenvalue weighted by Crippen LogP contribution is 2.33. The Kier molecular flexibility index (Phi) is 5.84. The molecular formula is C21H25NO5. The molecule has 0 saturated carbocycles. The first-order valence-corrected chi connectivity index (χ1v) is 9.50. The molecule has 2 heterocycles. The summed E-state index contributed by atoms with van der Waals surface area (Å²) in [6, 6.07) is 13.5. The molecule has 1 unspecified atom stereocenters. The zero-order chi connectivity index (χ0) is 18.3. The fraction of sp³-hybridized carbons (Fsp3) is 0.429. The minimum atomic E-state index is 0.0301. The van der Waals surface area contributed by atoms with E-state index in [1.807, 2.05) is 42.5 Å². The van der Waals surface area contributed by atoms with Crippen molar-refractivity contribution in [3.8, 4) is 28.7 Å². The van der Waals surface area contributed by atoms with Crippen LogP contribution in [0.5, 0.6) is 28.7 Å². The van der Waals surface area contributed by atoms with E-state index in [0.717, 1.165) is 54.7 Å². The minimum absolute atomic E-state index is 0.0301. The molecule has 6 heteroatoms. The van der Waals surface area contributed by atoms with E-state index in [-0.39, 0.29) is 6.10 Å². The van der Waals surface area contributed by atoms with Gasteiger partial charge in [0.2, 0.25) is 0 Å². The first-order chi connectivity index (χ1) is 13.4. The normalized spacial score (nSPS) is 17.9. The summed E-state index contributed by atoms with van der Waals surface area (Å²) in [5.74, 6) is 3.99. The van der Waals surface area contributed by atoms with E-state index in [1.165, 1.54) is 0 Å². The maximum absolute atomic E-state index is 5.93. The Morgan fingerprint density at radius 1 is 0.926 bits per heavy atom. The molecule has 0 amide bonds. The summed E-state index contributed by atoms with van der Waals surface area (Å²) in [6.07, 6.45) is 1.83. The van der Waals surface area contributed by atoms with Crippen molar-refractivity contribution in [1.29, 1.82) is 0 Å². The van der Waals surface area contributed by atoms with E-state index in [4.69, 9.17) is 23.7 Å². The summed E-state index contributed by atoms with van der Waals surface area (Å²) in [4.78, 5) is 0. The number of hydrogen-bond acceptors (Lipinski definition) is 6. The molecule has 0 bridgehead atoms. The van der Waals surface area contributed by atoms with Crippen LogP contribution >= 0.6 is 0 Å². The van der Waals surface area contributed by atoms with Gasteiger partial charge in [0.05, 0.1) is 19.8 Å². The zero-order valence-electron chi connectivity index (χ0n) is 15.3. The molecule has 0 spiro atoms. The van der Waals surface area contributed by atoms with Crippen LogP contribution < -0.4 is 29.0 Å². The summed E-state index contributed by atoms with van der Waals surface area (Å²) in [5, 5.41) is 3.40. The first-order valence-electron chi connectivity index (χ1n) is 9.50. The Morgan fingerprint density at radius 3 is 2.67 bits per heavy atom. The van der Waals surface area contributed by atoms with Gasteiger partial charge in [0, 0.05) is 19.0 Å². The Balaban J connectivity index is 1.14. The zero-order valence-corrected chi connectivity index (χ0v) is 15.3. The van der Waals surface area contributed by atoms with Crippen molar-refractivity contribution in [2.24, 2.45) is 0 Å². The Morgan fingerprint density at radius 2 is 1.74 bits per heavy atom. The van der Waals surface area contributed by atoms with Gasteiger partial charge in [-0.05, 0) is 37.2 Å². The summed E-state index contributed by atoms with van der Waals surface area (Å²) in [5.41, 5.74) is 0. The third-order valence-electron chi connectivity index (χ3n) is 4.43. The van der Waals surface area contributed by atoms with Gasteiger partial charge in [-0.3, -0.25) is 0 Å². The number of hydrogen-bond donors (Lipinski definition) is 1. The lowest BCUT2D eigenvalue weighted by Crippen LogP contribution is -2.39. The van der Waals surface area contributed by atoms with Crippen LogP contribution in [0.15, 0.2) is 42.5 Å². The molecule has 6 nitrogen and oxygen atoms in total. The predicted octanol–water partition coefficient (Wildman–Crippen LogP) is 3.05. The standard InChI is InChI=1S/C21H25NO5/c1-2-6-20-18(5-1)26-15-17(27-20)14-22-9-3-10-23-16-7-8-19-21(13-16)25-12-4-11-24-19/h1-2,5-8,13,17,22H,3-4,9-12,14-15H2. The van der Waals surface area contributed by atoms with Gasteiger partial charge >= 0.3 is 0 Å². The molecule has 0 aromatic heterocycles. The van der Waals surface area contributed by atoms with Crippen LogP contribution in [-0.4, -0.2) is 45.6 Å². The number of fused-ring (bicyclic) bond motifs is 2. The van der Waals surface area contributed by atoms with Gasteiger partial charge in [-0.15, -0.1) is 0 Å². The van der Waals surface area contributed by atoms with Crippen molar-refractivity contribution in [2.45, 2.75) is 18.9 Å². The van der Waals surface area contributed by atoms with Crippen LogP contribution in [0.2, 0.25) is 0 Å². The Labute approximate surface area is 159 Å². The van der Waals surface area contributed by atoms with Gasteiger partial charge < -0.3 is 29.0 Å². The van der Waals surface area contributed by atoms with Crippen LogP contribution in [0.25, 0.3) is 0 Å². The second-order valence-corrected chi connectivity index (χ2v) is 6.56. The Bertz CT molecular complexity index is 751. The van der Waals surface area contributed by atoms with Gasteiger partial charge in [0.25, 0.3) is 0 Å². The third kappa shape index (κ3) is 4.77. The molecule has 0 aliphatic carbocycles. The molecule has 0 saturated heterocycles. The average molecular weight is 371 g/mol. The van der Waals surface area contributed by atoms with Gasteiger partial charge in [-0.1, -0.05) is 12.1 Å². The molecule has 2 aliphatic heterocycles. The fourth-order valence-electron chi connectivity index (χ4n) is 3.05. The van der Waals surface area contributed by atoms with E-state index < -0.39 is 0 Å².